The number of amides is 2. The van der Waals surface area contributed by atoms with Crippen molar-refractivity contribution >= 4 is 29.2 Å². The van der Waals surface area contributed by atoms with Crippen LogP contribution in [-0.2, 0) is 4.79 Å². The second-order valence-electron chi connectivity index (χ2n) is 8.57. The Hall–Kier alpha value is -4.20. The van der Waals surface area contributed by atoms with Crippen LogP contribution in [0.2, 0.25) is 0 Å². The van der Waals surface area contributed by atoms with Gasteiger partial charge >= 0.3 is 12.0 Å². The predicted molar refractivity (Wildman–Crippen MR) is 132 cm³/mol. The second-order valence-corrected chi connectivity index (χ2v) is 8.57. The van der Waals surface area contributed by atoms with E-state index in [0.29, 0.717) is 34.7 Å². The Morgan fingerprint density at radius 2 is 1.54 bits per heavy atom. The first-order valence-corrected chi connectivity index (χ1v) is 11.1. The van der Waals surface area contributed by atoms with Crippen molar-refractivity contribution in [3.63, 3.8) is 0 Å². The zero-order valence-corrected chi connectivity index (χ0v) is 19.7. The van der Waals surface area contributed by atoms with Gasteiger partial charge in [0.2, 0.25) is 0 Å². The van der Waals surface area contributed by atoms with Gasteiger partial charge < -0.3 is 20.5 Å². The molecule has 3 N–H and O–H groups in total. The van der Waals surface area contributed by atoms with Crippen LogP contribution in [0.15, 0.2) is 66.7 Å². The number of ketones is 1. The maximum atomic E-state index is 14.7. The molecule has 0 saturated carbocycles. The van der Waals surface area contributed by atoms with Crippen LogP contribution >= 0.6 is 0 Å². The summed E-state index contributed by atoms with van der Waals surface area (Å²) in [5.41, 5.74) is 0.901. The number of aliphatic carboxylic acids is 1. The van der Waals surface area contributed by atoms with Gasteiger partial charge in [0.1, 0.15) is 11.6 Å². The SMILES string of the molecule is CCOc1ccccc1NC(=O)Nc1ccc(-c2ccc(C(=O)CC(C)(C)C(=O)O)cc2)cc1F. The number of benzene rings is 3. The number of hydrogen-bond donors (Lipinski definition) is 3. The molecule has 2 amide bonds. The minimum absolute atomic E-state index is 0.00263. The molecule has 0 unspecified atom stereocenters. The third-order valence-electron chi connectivity index (χ3n) is 5.37. The number of rotatable bonds is 9. The van der Waals surface area contributed by atoms with E-state index in [-0.39, 0.29) is 17.9 Å². The molecule has 0 bridgehead atoms. The first-order chi connectivity index (χ1) is 16.6. The van der Waals surface area contributed by atoms with Crippen LogP contribution in [-0.4, -0.2) is 29.5 Å². The minimum Gasteiger partial charge on any atom is -0.492 e. The lowest BCUT2D eigenvalue weighted by atomic mass is 9.85. The quantitative estimate of drug-likeness (QED) is 0.317. The fourth-order valence-electron chi connectivity index (χ4n) is 3.35. The molecular formula is C27H27FN2O5. The van der Waals surface area contributed by atoms with E-state index in [2.05, 4.69) is 10.6 Å². The van der Waals surface area contributed by atoms with Gasteiger partial charge in [-0.1, -0.05) is 42.5 Å². The van der Waals surface area contributed by atoms with Crippen molar-refractivity contribution in [1.82, 2.24) is 0 Å². The molecule has 0 heterocycles. The average Bonchev–Trinajstić information content (AvgIpc) is 2.81. The summed E-state index contributed by atoms with van der Waals surface area (Å²) in [5, 5.41) is 14.4. The largest absolute Gasteiger partial charge is 0.492 e. The molecule has 35 heavy (non-hydrogen) atoms. The number of carbonyl (C=O) groups excluding carboxylic acids is 2. The van der Waals surface area contributed by atoms with Gasteiger partial charge in [0.05, 0.1) is 23.4 Å². The number of Topliss-reactive ketones (excluding diaryl/α,β-unsaturated/α-hetero) is 1. The first-order valence-electron chi connectivity index (χ1n) is 11.1. The summed E-state index contributed by atoms with van der Waals surface area (Å²) >= 11 is 0. The zero-order chi connectivity index (χ0) is 25.6. The van der Waals surface area contributed by atoms with Crippen LogP contribution in [0.1, 0.15) is 37.6 Å². The van der Waals surface area contributed by atoms with Gasteiger partial charge in [-0.05, 0) is 56.2 Å². The number of para-hydroxylation sites is 2. The number of ether oxygens (including phenoxy) is 1. The topological polar surface area (TPSA) is 105 Å². The Morgan fingerprint density at radius 3 is 2.17 bits per heavy atom. The van der Waals surface area contributed by atoms with Crippen molar-refractivity contribution < 1.29 is 28.6 Å². The van der Waals surface area contributed by atoms with E-state index in [9.17, 15) is 23.9 Å². The highest BCUT2D eigenvalue weighted by atomic mass is 19.1. The molecule has 3 aromatic carbocycles. The van der Waals surface area contributed by atoms with Crippen LogP contribution in [0.4, 0.5) is 20.6 Å². The Labute approximate surface area is 202 Å². The highest BCUT2D eigenvalue weighted by molar-refractivity contribution is 6.01. The molecule has 0 fully saturated rings. The maximum Gasteiger partial charge on any atom is 0.323 e. The molecule has 0 aliphatic carbocycles. The molecule has 0 spiro atoms. The van der Waals surface area contributed by atoms with Crippen LogP contribution in [0.5, 0.6) is 5.75 Å². The molecule has 3 rings (SSSR count). The van der Waals surface area contributed by atoms with Crippen molar-refractivity contribution in [1.29, 1.82) is 0 Å². The molecule has 182 valence electrons. The van der Waals surface area contributed by atoms with Gasteiger partial charge in [0.15, 0.2) is 5.78 Å². The molecule has 0 aliphatic rings. The molecule has 0 aliphatic heterocycles. The van der Waals surface area contributed by atoms with E-state index in [1.54, 1.807) is 54.6 Å². The van der Waals surface area contributed by atoms with E-state index < -0.39 is 23.2 Å². The van der Waals surface area contributed by atoms with Gasteiger partial charge in [-0.2, -0.15) is 0 Å². The van der Waals surface area contributed by atoms with Crippen molar-refractivity contribution in [2.45, 2.75) is 27.2 Å². The van der Waals surface area contributed by atoms with Crippen molar-refractivity contribution in [3.8, 4) is 16.9 Å². The van der Waals surface area contributed by atoms with Gasteiger partial charge in [-0.25, -0.2) is 9.18 Å². The summed E-state index contributed by atoms with van der Waals surface area (Å²) in [4.78, 5) is 36.1. The normalized spacial score (nSPS) is 11.0. The predicted octanol–water partition coefficient (Wildman–Crippen LogP) is 6.22. The van der Waals surface area contributed by atoms with Crippen LogP contribution < -0.4 is 15.4 Å². The molecule has 0 aromatic heterocycles. The van der Waals surface area contributed by atoms with Crippen LogP contribution in [0.25, 0.3) is 11.1 Å². The summed E-state index contributed by atoms with van der Waals surface area (Å²) in [6, 6.07) is 17.2. The maximum absolute atomic E-state index is 14.7. The Morgan fingerprint density at radius 1 is 0.914 bits per heavy atom. The Bertz CT molecular complexity index is 1240. The summed E-state index contributed by atoms with van der Waals surface area (Å²) in [6.07, 6.45) is -0.131. The van der Waals surface area contributed by atoms with Crippen molar-refractivity contribution in [2.24, 2.45) is 5.41 Å². The van der Waals surface area contributed by atoms with E-state index in [1.807, 2.05) is 6.92 Å². The second kappa shape index (κ2) is 10.8. The summed E-state index contributed by atoms with van der Waals surface area (Å²) in [5.74, 6) is -1.45. The van der Waals surface area contributed by atoms with Crippen molar-refractivity contribution in [2.75, 3.05) is 17.2 Å². The van der Waals surface area contributed by atoms with Gasteiger partial charge in [0.25, 0.3) is 0 Å². The number of nitrogens with one attached hydrogen (secondary N) is 2. The number of carboxylic acid groups (broad SMARTS) is 1. The number of anilines is 2. The van der Waals surface area contributed by atoms with E-state index >= 15 is 0 Å². The highest BCUT2D eigenvalue weighted by Gasteiger charge is 2.30. The zero-order valence-electron chi connectivity index (χ0n) is 19.7. The summed E-state index contributed by atoms with van der Waals surface area (Å²) in [6.45, 7) is 5.27. The molecule has 3 aromatic rings. The average molecular weight is 479 g/mol. The molecule has 7 nitrogen and oxygen atoms in total. The smallest absolute Gasteiger partial charge is 0.323 e. The van der Waals surface area contributed by atoms with Crippen LogP contribution in [0, 0.1) is 11.2 Å². The highest BCUT2D eigenvalue weighted by Crippen LogP contribution is 2.28. The number of carbonyl (C=O) groups is 3. The molecule has 8 heteroatoms. The van der Waals surface area contributed by atoms with Gasteiger partial charge in [0, 0.05) is 12.0 Å². The number of hydrogen-bond acceptors (Lipinski definition) is 4. The lowest BCUT2D eigenvalue weighted by Gasteiger charge is -2.17. The number of urea groups is 1. The van der Waals surface area contributed by atoms with Crippen molar-refractivity contribution in [3.05, 3.63) is 78.1 Å². The van der Waals surface area contributed by atoms with E-state index in [0.717, 1.165) is 0 Å². The number of carboxylic acids is 1. The lowest BCUT2D eigenvalue weighted by Crippen LogP contribution is -2.26. The molecule has 0 radical (unpaired) electrons. The van der Waals surface area contributed by atoms with Crippen LogP contribution in [0.3, 0.4) is 0 Å². The summed E-state index contributed by atoms with van der Waals surface area (Å²) < 4.78 is 20.2. The minimum atomic E-state index is -1.17. The van der Waals surface area contributed by atoms with E-state index in [4.69, 9.17) is 4.74 Å². The van der Waals surface area contributed by atoms with Gasteiger partial charge in [-0.3, -0.25) is 9.59 Å². The fraction of sp³-hybridized carbons (Fsp3) is 0.222. The monoisotopic (exact) mass is 478 g/mol. The first kappa shape index (κ1) is 25.4. The third-order valence-corrected chi connectivity index (χ3v) is 5.37. The fourth-order valence-corrected chi connectivity index (χ4v) is 3.35. The molecule has 0 saturated heterocycles. The Balaban J connectivity index is 1.68. The van der Waals surface area contributed by atoms with E-state index in [1.165, 1.54) is 26.0 Å². The standard InChI is InChI=1S/C27H27FN2O5/c1-4-35-24-8-6-5-7-22(24)30-26(34)29-21-14-13-19(15-20(21)28)17-9-11-18(12-10-17)23(31)16-27(2,3)25(32)33/h5-15H,4,16H2,1-3H3,(H,32,33)(H2,29,30,34). The summed E-state index contributed by atoms with van der Waals surface area (Å²) in [7, 11) is 0. The Kier molecular flexibility index (Phi) is 7.86. The molecule has 0 atom stereocenters. The lowest BCUT2D eigenvalue weighted by molar-refractivity contribution is -0.146. The number of halogens is 1. The third kappa shape index (κ3) is 6.44. The van der Waals surface area contributed by atoms with Gasteiger partial charge in [-0.15, -0.1) is 0 Å². The molecular weight excluding hydrogens is 451 g/mol.